The first-order valence-corrected chi connectivity index (χ1v) is 11.9. The zero-order valence-corrected chi connectivity index (χ0v) is 20.6. The Morgan fingerprint density at radius 1 is 1.00 bits per heavy atom. The number of phenolic OH excluding ortho intramolecular Hbond substituents is 1. The third kappa shape index (κ3) is 4.22. The second-order valence-electron chi connectivity index (χ2n) is 9.31. The fraction of sp³-hybridized carbons (Fsp3) is 0.214. The number of phenols is 1. The van der Waals surface area contributed by atoms with Crippen molar-refractivity contribution < 1.29 is 19.4 Å². The molecule has 0 bridgehead atoms. The maximum absolute atomic E-state index is 14.0. The van der Waals surface area contributed by atoms with Crippen LogP contribution in [0.1, 0.15) is 44.7 Å². The molecule has 37 heavy (non-hydrogen) atoms. The van der Waals surface area contributed by atoms with E-state index in [2.05, 4.69) is 15.3 Å². The van der Waals surface area contributed by atoms with E-state index in [1.54, 1.807) is 13.0 Å². The second kappa shape index (κ2) is 9.16. The highest BCUT2D eigenvalue weighted by atomic mass is 19.1. The van der Waals surface area contributed by atoms with Gasteiger partial charge in [-0.1, -0.05) is 12.1 Å². The number of azo groups is 1. The standard InChI is InChI=1S/C28H25FN4O4/c1-14-7-9-19(11-15(14)2)33-27(35)24(16(3)32-33)30-31-25-20-6-4-5-17(20)12-21(26(25)34)18-8-10-23(29)22(13-18)28(36)37/h7-13,32,34H,4-6H2,1-3H3,(H,36,37). The summed E-state index contributed by atoms with van der Waals surface area (Å²) in [7, 11) is 0. The Kier molecular flexibility index (Phi) is 5.99. The van der Waals surface area contributed by atoms with Gasteiger partial charge in [0.25, 0.3) is 5.56 Å². The normalized spacial score (nSPS) is 12.9. The molecule has 8 nitrogen and oxygen atoms in total. The Balaban J connectivity index is 1.60. The van der Waals surface area contributed by atoms with Crippen LogP contribution < -0.4 is 5.56 Å². The number of carbonyl (C=O) groups is 1. The Morgan fingerprint density at radius 3 is 2.49 bits per heavy atom. The third-order valence-electron chi connectivity index (χ3n) is 6.89. The molecule has 0 atom stereocenters. The minimum Gasteiger partial charge on any atom is -0.505 e. The van der Waals surface area contributed by atoms with Crippen LogP contribution in [0.25, 0.3) is 16.8 Å². The van der Waals surface area contributed by atoms with Gasteiger partial charge in [-0.05, 0) is 98.2 Å². The van der Waals surface area contributed by atoms with Crippen molar-refractivity contribution in [3.63, 3.8) is 0 Å². The van der Waals surface area contributed by atoms with Crippen LogP contribution in [-0.2, 0) is 12.8 Å². The summed E-state index contributed by atoms with van der Waals surface area (Å²) < 4.78 is 15.4. The Hall–Kier alpha value is -4.53. The fourth-order valence-electron chi connectivity index (χ4n) is 4.70. The van der Waals surface area contributed by atoms with Crippen molar-refractivity contribution in [2.45, 2.75) is 40.0 Å². The van der Waals surface area contributed by atoms with Crippen LogP contribution in [0, 0.1) is 26.6 Å². The van der Waals surface area contributed by atoms with Gasteiger partial charge in [0.2, 0.25) is 0 Å². The van der Waals surface area contributed by atoms with Gasteiger partial charge in [0.15, 0.2) is 11.4 Å². The summed E-state index contributed by atoms with van der Waals surface area (Å²) in [6.45, 7) is 5.69. The third-order valence-corrected chi connectivity index (χ3v) is 6.89. The van der Waals surface area contributed by atoms with Crippen LogP contribution in [0.5, 0.6) is 5.75 Å². The number of aromatic nitrogens is 2. The first-order valence-electron chi connectivity index (χ1n) is 11.9. The van der Waals surface area contributed by atoms with Crippen LogP contribution in [0.4, 0.5) is 15.8 Å². The fourth-order valence-corrected chi connectivity index (χ4v) is 4.70. The number of rotatable bonds is 5. The van der Waals surface area contributed by atoms with Crippen molar-refractivity contribution in [2.24, 2.45) is 10.2 Å². The molecule has 188 valence electrons. The zero-order valence-electron chi connectivity index (χ0n) is 20.6. The molecule has 1 aliphatic rings. The van der Waals surface area contributed by atoms with Crippen molar-refractivity contribution in [2.75, 3.05) is 0 Å². The molecule has 5 rings (SSSR count). The van der Waals surface area contributed by atoms with Gasteiger partial charge >= 0.3 is 5.97 Å². The molecule has 0 unspecified atom stereocenters. The molecular formula is C28H25FN4O4. The molecule has 3 aromatic carbocycles. The van der Waals surface area contributed by atoms with E-state index in [4.69, 9.17) is 0 Å². The minimum absolute atomic E-state index is 0.115. The highest BCUT2D eigenvalue weighted by Crippen LogP contribution is 2.45. The Labute approximate surface area is 211 Å². The molecule has 0 spiro atoms. The van der Waals surface area contributed by atoms with Gasteiger partial charge in [-0.3, -0.25) is 9.89 Å². The molecule has 9 heteroatoms. The topological polar surface area (TPSA) is 120 Å². The van der Waals surface area contributed by atoms with E-state index in [0.29, 0.717) is 28.9 Å². The number of aromatic carboxylic acids is 1. The van der Waals surface area contributed by atoms with Crippen molar-refractivity contribution in [3.8, 4) is 22.6 Å². The first kappa shape index (κ1) is 24.2. The lowest BCUT2D eigenvalue weighted by atomic mass is 9.96. The number of fused-ring (bicyclic) bond motifs is 1. The van der Waals surface area contributed by atoms with Crippen LogP contribution in [0.3, 0.4) is 0 Å². The van der Waals surface area contributed by atoms with Crippen molar-refractivity contribution in [1.29, 1.82) is 0 Å². The molecule has 0 saturated carbocycles. The molecular weight excluding hydrogens is 475 g/mol. The zero-order chi connectivity index (χ0) is 26.4. The predicted molar refractivity (Wildman–Crippen MR) is 137 cm³/mol. The van der Waals surface area contributed by atoms with Gasteiger partial charge in [-0.2, -0.15) is 0 Å². The van der Waals surface area contributed by atoms with Crippen molar-refractivity contribution >= 4 is 17.3 Å². The van der Waals surface area contributed by atoms with E-state index >= 15 is 0 Å². The number of aromatic amines is 1. The Morgan fingerprint density at radius 2 is 1.76 bits per heavy atom. The lowest BCUT2D eigenvalue weighted by molar-refractivity contribution is 0.0692. The van der Waals surface area contributed by atoms with Gasteiger partial charge in [0, 0.05) is 5.56 Å². The maximum atomic E-state index is 14.0. The number of halogens is 1. The highest BCUT2D eigenvalue weighted by molar-refractivity contribution is 5.91. The number of hydrogen-bond donors (Lipinski definition) is 3. The average molecular weight is 501 g/mol. The second-order valence-corrected chi connectivity index (χ2v) is 9.31. The van der Waals surface area contributed by atoms with E-state index in [0.717, 1.165) is 41.2 Å². The van der Waals surface area contributed by atoms with Crippen LogP contribution in [0.15, 0.2) is 57.5 Å². The minimum atomic E-state index is -1.40. The van der Waals surface area contributed by atoms with E-state index in [1.165, 1.54) is 16.8 Å². The van der Waals surface area contributed by atoms with E-state index < -0.39 is 17.3 Å². The smallest absolute Gasteiger partial charge is 0.338 e. The van der Waals surface area contributed by atoms with Crippen LogP contribution in [-0.4, -0.2) is 26.0 Å². The number of benzene rings is 3. The monoisotopic (exact) mass is 500 g/mol. The quantitative estimate of drug-likeness (QED) is 0.282. The first-order chi connectivity index (χ1) is 17.7. The number of aryl methyl sites for hydroxylation is 4. The lowest BCUT2D eigenvalue weighted by Gasteiger charge is -2.13. The summed E-state index contributed by atoms with van der Waals surface area (Å²) in [6, 6.07) is 11.1. The number of carboxylic acids is 1. The number of H-pyrrole nitrogens is 1. The van der Waals surface area contributed by atoms with E-state index in [-0.39, 0.29) is 22.7 Å². The SMILES string of the molecule is Cc1ccc(-n2[nH]c(C)c(N=Nc3c(O)c(-c4ccc(F)c(C(=O)O)c4)cc4c3CCC4)c2=O)cc1C. The molecule has 4 aromatic rings. The van der Waals surface area contributed by atoms with Crippen molar-refractivity contribution in [3.05, 3.63) is 92.1 Å². The molecule has 1 heterocycles. The predicted octanol–water partition coefficient (Wildman–Crippen LogP) is 6.20. The molecule has 0 aliphatic heterocycles. The van der Waals surface area contributed by atoms with Gasteiger partial charge in [-0.15, -0.1) is 10.2 Å². The van der Waals surface area contributed by atoms with Crippen LogP contribution >= 0.6 is 0 Å². The maximum Gasteiger partial charge on any atom is 0.338 e. The molecule has 0 amide bonds. The summed E-state index contributed by atoms with van der Waals surface area (Å²) in [5.41, 5.74) is 5.27. The van der Waals surface area contributed by atoms with E-state index in [9.17, 15) is 24.2 Å². The highest BCUT2D eigenvalue weighted by Gasteiger charge is 2.24. The summed E-state index contributed by atoms with van der Waals surface area (Å²) in [5, 5.41) is 32.1. The summed E-state index contributed by atoms with van der Waals surface area (Å²) in [6.07, 6.45) is 2.29. The lowest BCUT2D eigenvalue weighted by Crippen LogP contribution is -2.14. The van der Waals surface area contributed by atoms with Gasteiger partial charge < -0.3 is 10.2 Å². The average Bonchev–Trinajstić information content (AvgIpc) is 3.44. The Bertz CT molecular complexity index is 1670. The molecule has 1 aromatic heterocycles. The molecule has 1 aliphatic carbocycles. The molecule has 0 radical (unpaired) electrons. The molecule has 0 saturated heterocycles. The summed E-state index contributed by atoms with van der Waals surface area (Å²) in [5.74, 6) is -2.46. The number of aromatic hydroxyl groups is 1. The number of hydrogen-bond acceptors (Lipinski definition) is 5. The number of nitrogens with zero attached hydrogens (tertiary/aromatic N) is 3. The van der Waals surface area contributed by atoms with Gasteiger partial charge in [0.1, 0.15) is 11.5 Å². The largest absolute Gasteiger partial charge is 0.505 e. The van der Waals surface area contributed by atoms with E-state index in [1.807, 2.05) is 32.0 Å². The van der Waals surface area contributed by atoms with Gasteiger partial charge in [-0.25, -0.2) is 13.9 Å². The summed E-state index contributed by atoms with van der Waals surface area (Å²) in [4.78, 5) is 24.6. The molecule has 0 fully saturated rings. The number of carboxylic acid groups (broad SMARTS) is 1. The summed E-state index contributed by atoms with van der Waals surface area (Å²) >= 11 is 0. The van der Waals surface area contributed by atoms with Crippen LogP contribution in [0.2, 0.25) is 0 Å². The molecule has 3 N–H and O–H groups in total. The van der Waals surface area contributed by atoms with Gasteiger partial charge in [0.05, 0.1) is 16.9 Å². The van der Waals surface area contributed by atoms with Crippen molar-refractivity contribution in [1.82, 2.24) is 9.78 Å². The number of nitrogens with one attached hydrogen (secondary N) is 1.